The molecule has 0 aliphatic heterocycles. The topological polar surface area (TPSA) is 63.5 Å². The van der Waals surface area contributed by atoms with E-state index in [2.05, 4.69) is 41.4 Å². The summed E-state index contributed by atoms with van der Waals surface area (Å²) in [4.78, 5) is 9.01. The van der Waals surface area contributed by atoms with E-state index in [4.69, 9.17) is 4.74 Å². The molecule has 2 rings (SSSR count). The number of ether oxygens (including phenoxy) is 1. The van der Waals surface area contributed by atoms with Gasteiger partial charge in [-0.05, 0) is 19.8 Å². The van der Waals surface area contributed by atoms with Crippen molar-refractivity contribution < 1.29 is 4.74 Å². The Hall–Kier alpha value is -1.82. The molecule has 0 saturated heterocycles. The van der Waals surface area contributed by atoms with Gasteiger partial charge in [-0.2, -0.15) is 0 Å². The third-order valence-electron chi connectivity index (χ3n) is 3.36. The predicted octanol–water partition coefficient (Wildman–Crippen LogP) is 2.63. The number of fused-ring (bicyclic) bond motifs is 1. The highest BCUT2D eigenvalue weighted by molar-refractivity contribution is 5.65. The van der Waals surface area contributed by atoms with Crippen LogP contribution < -0.4 is 10.6 Å². The standard InChI is InChI=1S/C15H25N5O/c1-5-16-13-9-20-8-7-17-15(20)14(19-13)18-12(11(3)4)10-21-6-2/h7-9,11-12,16H,5-6,10H2,1-4H3,(H,18,19). The normalized spacial score (nSPS) is 12.8. The SMILES string of the molecule is CCNc1cn2ccnc2c(NC(COCC)C(C)C)n1. The smallest absolute Gasteiger partial charge is 0.180 e. The van der Waals surface area contributed by atoms with Crippen molar-refractivity contribution in [1.29, 1.82) is 0 Å². The van der Waals surface area contributed by atoms with E-state index in [1.807, 2.05) is 23.7 Å². The summed E-state index contributed by atoms with van der Waals surface area (Å²) in [6, 6.07) is 0.204. The molecule has 1 atom stereocenters. The summed E-state index contributed by atoms with van der Waals surface area (Å²) in [5.74, 6) is 2.07. The minimum atomic E-state index is 0.204. The van der Waals surface area contributed by atoms with Crippen LogP contribution in [0.5, 0.6) is 0 Å². The van der Waals surface area contributed by atoms with E-state index < -0.39 is 0 Å². The van der Waals surface area contributed by atoms with Crippen molar-refractivity contribution in [3.8, 4) is 0 Å². The second-order valence-electron chi connectivity index (χ2n) is 5.32. The Morgan fingerprint density at radius 2 is 2.14 bits per heavy atom. The Kier molecular flexibility index (Phi) is 5.38. The van der Waals surface area contributed by atoms with Crippen LogP contribution in [-0.2, 0) is 4.74 Å². The highest BCUT2D eigenvalue weighted by Gasteiger charge is 2.16. The molecule has 0 amide bonds. The molecule has 0 saturated carbocycles. The van der Waals surface area contributed by atoms with E-state index >= 15 is 0 Å². The van der Waals surface area contributed by atoms with Crippen LogP contribution in [-0.4, -0.2) is 40.2 Å². The van der Waals surface area contributed by atoms with E-state index in [0.717, 1.165) is 23.8 Å². The van der Waals surface area contributed by atoms with E-state index in [9.17, 15) is 0 Å². The van der Waals surface area contributed by atoms with E-state index in [-0.39, 0.29) is 6.04 Å². The Balaban J connectivity index is 2.27. The number of rotatable bonds is 8. The molecule has 21 heavy (non-hydrogen) atoms. The fourth-order valence-corrected chi connectivity index (χ4v) is 2.12. The number of imidazole rings is 1. The number of hydrogen-bond donors (Lipinski definition) is 2. The molecule has 0 aromatic carbocycles. The first kappa shape index (κ1) is 15.6. The molecule has 116 valence electrons. The minimum absolute atomic E-state index is 0.204. The molecule has 6 nitrogen and oxygen atoms in total. The summed E-state index contributed by atoms with van der Waals surface area (Å²) < 4.78 is 7.54. The molecule has 0 bridgehead atoms. The van der Waals surface area contributed by atoms with Crippen LogP contribution in [0.25, 0.3) is 5.65 Å². The van der Waals surface area contributed by atoms with Crippen LogP contribution in [0.3, 0.4) is 0 Å². The molecule has 2 N–H and O–H groups in total. The highest BCUT2D eigenvalue weighted by atomic mass is 16.5. The highest BCUT2D eigenvalue weighted by Crippen LogP contribution is 2.19. The average molecular weight is 291 g/mol. The van der Waals surface area contributed by atoms with Crippen molar-refractivity contribution in [3.63, 3.8) is 0 Å². The number of hydrogen-bond acceptors (Lipinski definition) is 5. The lowest BCUT2D eigenvalue weighted by Gasteiger charge is -2.23. The molecular formula is C15H25N5O. The van der Waals surface area contributed by atoms with Crippen LogP contribution >= 0.6 is 0 Å². The summed E-state index contributed by atoms with van der Waals surface area (Å²) in [5.41, 5.74) is 0.832. The van der Waals surface area contributed by atoms with Crippen molar-refractivity contribution in [2.45, 2.75) is 33.7 Å². The van der Waals surface area contributed by atoms with Crippen LogP contribution in [0.4, 0.5) is 11.6 Å². The Morgan fingerprint density at radius 3 is 2.81 bits per heavy atom. The predicted molar refractivity (Wildman–Crippen MR) is 85.9 cm³/mol. The molecular weight excluding hydrogens is 266 g/mol. The summed E-state index contributed by atoms with van der Waals surface area (Å²) in [5, 5.41) is 6.73. The van der Waals surface area contributed by atoms with Gasteiger partial charge in [-0.15, -0.1) is 0 Å². The second kappa shape index (κ2) is 7.26. The molecule has 0 aliphatic carbocycles. The number of nitrogens with one attached hydrogen (secondary N) is 2. The van der Waals surface area contributed by atoms with Gasteiger partial charge >= 0.3 is 0 Å². The van der Waals surface area contributed by atoms with Crippen molar-refractivity contribution in [1.82, 2.24) is 14.4 Å². The molecule has 2 aromatic heterocycles. The summed E-state index contributed by atoms with van der Waals surface area (Å²) in [6.45, 7) is 10.6. The monoisotopic (exact) mass is 291 g/mol. The zero-order valence-corrected chi connectivity index (χ0v) is 13.3. The van der Waals surface area contributed by atoms with E-state index in [1.165, 1.54) is 0 Å². The third-order valence-corrected chi connectivity index (χ3v) is 3.36. The van der Waals surface area contributed by atoms with Crippen LogP contribution in [0, 0.1) is 5.92 Å². The first-order valence-corrected chi connectivity index (χ1v) is 7.57. The number of anilines is 2. The van der Waals surface area contributed by atoms with Gasteiger partial charge < -0.3 is 19.8 Å². The molecule has 6 heteroatoms. The molecule has 0 spiro atoms. The summed E-state index contributed by atoms with van der Waals surface area (Å²) >= 11 is 0. The lowest BCUT2D eigenvalue weighted by molar-refractivity contribution is 0.126. The van der Waals surface area contributed by atoms with Gasteiger partial charge in [0.05, 0.1) is 18.8 Å². The molecule has 0 fully saturated rings. The maximum Gasteiger partial charge on any atom is 0.180 e. The fraction of sp³-hybridized carbons (Fsp3) is 0.600. The molecule has 0 aliphatic rings. The van der Waals surface area contributed by atoms with Crippen LogP contribution in [0.2, 0.25) is 0 Å². The lowest BCUT2D eigenvalue weighted by Crippen LogP contribution is -2.31. The van der Waals surface area contributed by atoms with Gasteiger partial charge in [0.15, 0.2) is 11.5 Å². The molecule has 0 radical (unpaired) electrons. The van der Waals surface area contributed by atoms with Gasteiger partial charge in [0.25, 0.3) is 0 Å². The maximum absolute atomic E-state index is 5.57. The van der Waals surface area contributed by atoms with Crippen LogP contribution in [0.1, 0.15) is 27.7 Å². The largest absolute Gasteiger partial charge is 0.380 e. The first-order valence-electron chi connectivity index (χ1n) is 7.57. The zero-order valence-electron chi connectivity index (χ0n) is 13.3. The Labute approximate surface area is 125 Å². The molecule has 2 heterocycles. The Morgan fingerprint density at radius 1 is 1.33 bits per heavy atom. The minimum Gasteiger partial charge on any atom is -0.380 e. The molecule has 1 unspecified atom stereocenters. The van der Waals surface area contributed by atoms with Crippen molar-refractivity contribution in [2.75, 3.05) is 30.4 Å². The van der Waals surface area contributed by atoms with Crippen molar-refractivity contribution in [3.05, 3.63) is 18.6 Å². The summed E-state index contributed by atoms with van der Waals surface area (Å²) in [7, 11) is 0. The molecule has 2 aromatic rings. The van der Waals surface area contributed by atoms with Gasteiger partial charge in [0.2, 0.25) is 0 Å². The third kappa shape index (κ3) is 3.85. The van der Waals surface area contributed by atoms with Crippen molar-refractivity contribution in [2.24, 2.45) is 5.92 Å². The van der Waals surface area contributed by atoms with Crippen molar-refractivity contribution >= 4 is 17.3 Å². The maximum atomic E-state index is 5.57. The second-order valence-corrected chi connectivity index (χ2v) is 5.32. The Bertz CT molecular complexity index is 566. The first-order chi connectivity index (χ1) is 10.2. The average Bonchev–Trinajstić information content (AvgIpc) is 2.91. The van der Waals surface area contributed by atoms with Gasteiger partial charge in [-0.1, -0.05) is 13.8 Å². The number of nitrogens with zero attached hydrogens (tertiary/aromatic N) is 3. The van der Waals surface area contributed by atoms with Gasteiger partial charge in [-0.25, -0.2) is 9.97 Å². The van der Waals surface area contributed by atoms with E-state index in [0.29, 0.717) is 19.1 Å². The van der Waals surface area contributed by atoms with Gasteiger partial charge in [-0.3, -0.25) is 0 Å². The quantitative estimate of drug-likeness (QED) is 0.783. The lowest BCUT2D eigenvalue weighted by atomic mass is 10.1. The zero-order chi connectivity index (χ0) is 15.2. The summed E-state index contributed by atoms with van der Waals surface area (Å²) in [6.07, 6.45) is 5.66. The van der Waals surface area contributed by atoms with Gasteiger partial charge in [0, 0.05) is 25.5 Å². The van der Waals surface area contributed by atoms with Crippen LogP contribution in [0.15, 0.2) is 18.6 Å². The van der Waals surface area contributed by atoms with E-state index in [1.54, 1.807) is 6.20 Å². The fourth-order valence-electron chi connectivity index (χ4n) is 2.12. The number of aromatic nitrogens is 3. The van der Waals surface area contributed by atoms with Gasteiger partial charge in [0.1, 0.15) is 5.82 Å².